The molecule has 2 unspecified atom stereocenters. The zero-order valence-corrected chi connectivity index (χ0v) is 18.7. The Morgan fingerprint density at radius 3 is 2.79 bits per heavy atom. The number of carbonyl (C=O) groups is 2. The van der Waals surface area contributed by atoms with Gasteiger partial charge in [-0.15, -0.1) is 24.8 Å². The summed E-state index contributed by atoms with van der Waals surface area (Å²) < 4.78 is 5.75. The van der Waals surface area contributed by atoms with Crippen LogP contribution in [0.4, 0.5) is 0 Å². The number of pyridine rings is 1. The van der Waals surface area contributed by atoms with Crippen LogP contribution in [0.2, 0.25) is 0 Å². The molecule has 7 nitrogen and oxygen atoms in total. The minimum Gasteiger partial charge on any atom is -0.489 e. The first-order valence-corrected chi connectivity index (χ1v) is 9.96. The van der Waals surface area contributed by atoms with Crippen molar-refractivity contribution in [3.8, 4) is 5.75 Å². The summed E-state index contributed by atoms with van der Waals surface area (Å²) >= 11 is 0. The maximum Gasteiger partial charge on any atom is 0.276 e. The molecule has 3 heterocycles. The molecular formula is C20H32Cl2N4O3. The fourth-order valence-corrected chi connectivity index (χ4v) is 3.74. The van der Waals surface area contributed by atoms with Gasteiger partial charge >= 0.3 is 0 Å². The Morgan fingerprint density at radius 1 is 1.31 bits per heavy atom. The summed E-state index contributed by atoms with van der Waals surface area (Å²) in [4.78, 5) is 31.3. The fourth-order valence-electron chi connectivity index (χ4n) is 3.74. The molecule has 0 bridgehead atoms. The molecule has 0 spiro atoms. The van der Waals surface area contributed by atoms with Gasteiger partial charge in [-0.05, 0) is 64.1 Å². The standard InChI is InChI=1S/C20H30N4O3.2ClH/c1-14(2)27-17-8-4-10-22-18(17)20(26)24-11-5-6-15(13-24)12-23-19(25)16-7-3-9-21-16;;/h4,8,10,14-16,21H,3,5-7,9,11-13H2,1-2H3,(H,23,25);2*1H. The lowest BCUT2D eigenvalue weighted by Crippen LogP contribution is -2.46. The molecule has 0 aromatic carbocycles. The van der Waals surface area contributed by atoms with Crippen LogP contribution in [-0.2, 0) is 4.79 Å². The van der Waals surface area contributed by atoms with Crippen molar-refractivity contribution in [1.29, 1.82) is 0 Å². The van der Waals surface area contributed by atoms with Crippen LogP contribution in [0.15, 0.2) is 18.3 Å². The van der Waals surface area contributed by atoms with Crippen LogP contribution < -0.4 is 15.4 Å². The van der Waals surface area contributed by atoms with Gasteiger partial charge in [0.1, 0.15) is 0 Å². The van der Waals surface area contributed by atoms with Crippen LogP contribution in [0.25, 0.3) is 0 Å². The Balaban J connectivity index is 0.00000210. The minimum absolute atomic E-state index is 0. The smallest absolute Gasteiger partial charge is 0.276 e. The summed E-state index contributed by atoms with van der Waals surface area (Å²) in [6.07, 6.45) is 5.50. The second kappa shape index (κ2) is 12.2. The number of ether oxygens (including phenoxy) is 1. The lowest BCUT2D eigenvalue weighted by Gasteiger charge is -2.33. The molecule has 0 aliphatic carbocycles. The molecule has 2 aliphatic rings. The molecule has 2 N–H and O–H groups in total. The van der Waals surface area contributed by atoms with Gasteiger partial charge in [0.15, 0.2) is 11.4 Å². The largest absolute Gasteiger partial charge is 0.489 e. The highest BCUT2D eigenvalue weighted by atomic mass is 35.5. The van der Waals surface area contributed by atoms with Crippen LogP contribution in [0, 0.1) is 5.92 Å². The van der Waals surface area contributed by atoms with Crippen LogP contribution in [0.1, 0.15) is 50.0 Å². The van der Waals surface area contributed by atoms with Crippen molar-refractivity contribution in [3.05, 3.63) is 24.0 Å². The van der Waals surface area contributed by atoms with Gasteiger partial charge in [-0.2, -0.15) is 0 Å². The third kappa shape index (κ3) is 7.01. The Hall–Kier alpha value is -1.57. The average Bonchev–Trinajstić information content (AvgIpc) is 3.21. The number of likely N-dealkylation sites (tertiary alicyclic amines) is 1. The average molecular weight is 447 g/mol. The third-order valence-corrected chi connectivity index (χ3v) is 5.08. The molecule has 9 heteroatoms. The monoisotopic (exact) mass is 446 g/mol. The van der Waals surface area contributed by atoms with E-state index >= 15 is 0 Å². The molecule has 3 rings (SSSR count). The van der Waals surface area contributed by atoms with Crippen molar-refractivity contribution in [2.24, 2.45) is 5.92 Å². The zero-order chi connectivity index (χ0) is 19.2. The van der Waals surface area contributed by atoms with E-state index in [1.807, 2.05) is 18.7 Å². The number of piperidine rings is 1. The first kappa shape index (κ1) is 25.5. The van der Waals surface area contributed by atoms with Gasteiger partial charge in [0.2, 0.25) is 5.91 Å². The highest BCUT2D eigenvalue weighted by Gasteiger charge is 2.28. The molecule has 29 heavy (non-hydrogen) atoms. The summed E-state index contributed by atoms with van der Waals surface area (Å²) in [5, 5.41) is 6.27. The summed E-state index contributed by atoms with van der Waals surface area (Å²) in [6, 6.07) is 3.51. The van der Waals surface area contributed by atoms with E-state index < -0.39 is 0 Å². The lowest BCUT2D eigenvalue weighted by atomic mass is 9.97. The first-order chi connectivity index (χ1) is 13.0. The number of carbonyl (C=O) groups excluding carboxylic acids is 2. The molecule has 2 aliphatic heterocycles. The Labute approximate surface area is 185 Å². The van der Waals surface area contributed by atoms with E-state index in [9.17, 15) is 9.59 Å². The van der Waals surface area contributed by atoms with Gasteiger partial charge in [0, 0.05) is 25.8 Å². The van der Waals surface area contributed by atoms with Crippen molar-refractivity contribution < 1.29 is 14.3 Å². The van der Waals surface area contributed by atoms with Gasteiger partial charge in [-0.1, -0.05) is 0 Å². The SMILES string of the molecule is CC(C)Oc1cccnc1C(=O)N1CCCC(CNC(=O)C2CCCN2)C1.Cl.Cl. The summed E-state index contributed by atoms with van der Waals surface area (Å²) in [7, 11) is 0. The highest BCUT2D eigenvalue weighted by Crippen LogP contribution is 2.23. The van der Waals surface area contributed by atoms with E-state index in [4.69, 9.17) is 4.74 Å². The van der Waals surface area contributed by atoms with Crippen molar-refractivity contribution in [1.82, 2.24) is 20.5 Å². The molecule has 2 fully saturated rings. The molecule has 1 aromatic rings. The maximum absolute atomic E-state index is 13.0. The third-order valence-electron chi connectivity index (χ3n) is 5.08. The van der Waals surface area contributed by atoms with Crippen molar-refractivity contribution in [2.45, 2.75) is 51.7 Å². The number of aromatic nitrogens is 1. The predicted molar refractivity (Wildman–Crippen MR) is 117 cm³/mol. The lowest BCUT2D eigenvalue weighted by molar-refractivity contribution is -0.123. The second-order valence-corrected chi connectivity index (χ2v) is 7.67. The predicted octanol–water partition coefficient (Wildman–Crippen LogP) is 2.43. The normalized spacial score (nSPS) is 21.1. The van der Waals surface area contributed by atoms with E-state index in [-0.39, 0.29) is 54.7 Å². The number of hydrogen-bond donors (Lipinski definition) is 2. The van der Waals surface area contributed by atoms with Crippen LogP contribution >= 0.6 is 24.8 Å². The Kier molecular flexibility index (Phi) is 10.7. The van der Waals surface area contributed by atoms with Gasteiger partial charge in [0.05, 0.1) is 12.1 Å². The quantitative estimate of drug-likeness (QED) is 0.700. The zero-order valence-electron chi connectivity index (χ0n) is 17.1. The number of nitrogens with one attached hydrogen (secondary N) is 2. The van der Waals surface area contributed by atoms with Gasteiger partial charge in [0.25, 0.3) is 5.91 Å². The van der Waals surface area contributed by atoms with E-state index in [0.717, 1.165) is 32.2 Å². The number of rotatable bonds is 6. The molecule has 1 aromatic heterocycles. The molecule has 164 valence electrons. The van der Waals surface area contributed by atoms with E-state index in [0.29, 0.717) is 31.1 Å². The Morgan fingerprint density at radius 2 is 2.10 bits per heavy atom. The van der Waals surface area contributed by atoms with Crippen molar-refractivity contribution >= 4 is 36.6 Å². The van der Waals surface area contributed by atoms with Crippen LogP contribution in [0.3, 0.4) is 0 Å². The summed E-state index contributed by atoms with van der Waals surface area (Å²) in [6.45, 7) is 6.73. The summed E-state index contributed by atoms with van der Waals surface area (Å²) in [5.74, 6) is 0.777. The number of hydrogen-bond acceptors (Lipinski definition) is 5. The molecule has 0 saturated carbocycles. The fraction of sp³-hybridized carbons (Fsp3) is 0.650. The number of amides is 2. The van der Waals surface area contributed by atoms with Crippen molar-refractivity contribution in [3.63, 3.8) is 0 Å². The number of halogens is 2. The minimum atomic E-state index is -0.0975. The van der Waals surface area contributed by atoms with Gasteiger partial charge in [-0.25, -0.2) is 4.98 Å². The van der Waals surface area contributed by atoms with Gasteiger partial charge in [-0.3, -0.25) is 9.59 Å². The number of nitrogens with zero attached hydrogens (tertiary/aromatic N) is 2. The molecule has 2 amide bonds. The van der Waals surface area contributed by atoms with Crippen LogP contribution in [-0.4, -0.2) is 60.0 Å². The molecular weight excluding hydrogens is 415 g/mol. The van der Waals surface area contributed by atoms with E-state index in [2.05, 4.69) is 15.6 Å². The van der Waals surface area contributed by atoms with Crippen molar-refractivity contribution in [2.75, 3.05) is 26.2 Å². The van der Waals surface area contributed by atoms with E-state index in [1.165, 1.54) is 0 Å². The van der Waals surface area contributed by atoms with E-state index in [1.54, 1.807) is 18.3 Å². The molecule has 2 atom stereocenters. The topological polar surface area (TPSA) is 83.6 Å². The van der Waals surface area contributed by atoms with Gasteiger partial charge < -0.3 is 20.3 Å². The molecule has 0 radical (unpaired) electrons. The second-order valence-electron chi connectivity index (χ2n) is 7.67. The Bertz CT molecular complexity index is 669. The highest BCUT2D eigenvalue weighted by molar-refractivity contribution is 5.95. The maximum atomic E-state index is 13.0. The first-order valence-electron chi connectivity index (χ1n) is 9.96. The summed E-state index contributed by atoms with van der Waals surface area (Å²) in [5.41, 5.74) is 0.367. The van der Waals surface area contributed by atoms with Crippen LogP contribution in [0.5, 0.6) is 5.75 Å². The molecule has 2 saturated heterocycles.